The molecule has 4 heteroatoms. The summed E-state index contributed by atoms with van der Waals surface area (Å²) < 4.78 is 5.32. The summed E-state index contributed by atoms with van der Waals surface area (Å²) in [6.45, 7) is 0. The minimum Gasteiger partial charge on any atom is -0.496 e. The minimum atomic E-state index is 0.745. The van der Waals surface area contributed by atoms with E-state index in [4.69, 9.17) is 4.74 Å². The lowest BCUT2D eigenvalue weighted by Crippen LogP contribution is -1.98. The summed E-state index contributed by atoms with van der Waals surface area (Å²) in [5.74, 6) is 2.38. The summed E-state index contributed by atoms with van der Waals surface area (Å²) >= 11 is 4.19. The van der Waals surface area contributed by atoms with Crippen molar-refractivity contribution in [1.29, 1.82) is 0 Å². The molecule has 2 rings (SSSR count). The van der Waals surface area contributed by atoms with Gasteiger partial charge in [0.1, 0.15) is 11.6 Å². The standard InChI is InChI=1S/C13H14N2OS/c1-16-12-5-3-2-4-10(12)11-6-8-14-13(15-11)7-9-17/h2-6,8,17H,7,9H2,1H3. The number of ether oxygens (including phenoxy) is 1. The van der Waals surface area contributed by atoms with Crippen molar-refractivity contribution in [2.75, 3.05) is 12.9 Å². The molecule has 0 saturated heterocycles. The van der Waals surface area contributed by atoms with Crippen molar-refractivity contribution in [2.24, 2.45) is 0 Å². The fraction of sp³-hybridized carbons (Fsp3) is 0.231. The average Bonchev–Trinajstić information content (AvgIpc) is 2.39. The van der Waals surface area contributed by atoms with Crippen molar-refractivity contribution >= 4 is 12.6 Å². The number of para-hydroxylation sites is 1. The molecule has 0 aliphatic carbocycles. The molecule has 0 N–H and O–H groups in total. The van der Waals surface area contributed by atoms with Crippen LogP contribution in [0.25, 0.3) is 11.3 Å². The summed E-state index contributed by atoms with van der Waals surface area (Å²) in [5, 5.41) is 0. The highest BCUT2D eigenvalue weighted by molar-refractivity contribution is 7.80. The van der Waals surface area contributed by atoms with E-state index >= 15 is 0 Å². The quantitative estimate of drug-likeness (QED) is 0.842. The van der Waals surface area contributed by atoms with E-state index in [-0.39, 0.29) is 0 Å². The van der Waals surface area contributed by atoms with Gasteiger partial charge in [0.05, 0.1) is 12.8 Å². The Kier molecular flexibility index (Phi) is 3.98. The van der Waals surface area contributed by atoms with E-state index in [2.05, 4.69) is 22.6 Å². The Balaban J connectivity index is 2.41. The van der Waals surface area contributed by atoms with Crippen molar-refractivity contribution in [3.05, 3.63) is 42.4 Å². The second kappa shape index (κ2) is 5.68. The van der Waals surface area contributed by atoms with E-state index in [0.717, 1.165) is 35.0 Å². The number of nitrogens with zero attached hydrogens (tertiary/aromatic N) is 2. The molecule has 0 atom stereocenters. The number of methoxy groups -OCH3 is 1. The maximum Gasteiger partial charge on any atom is 0.129 e. The lowest BCUT2D eigenvalue weighted by molar-refractivity contribution is 0.416. The van der Waals surface area contributed by atoms with Crippen LogP contribution in [0.5, 0.6) is 5.75 Å². The first-order valence-electron chi connectivity index (χ1n) is 5.41. The van der Waals surface area contributed by atoms with Gasteiger partial charge in [0.25, 0.3) is 0 Å². The Morgan fingerprint density at radius 1 is 1.24 bits per heavy atom. The highest BCUT2D eigenvalue weighted by Gasteiger charge is 2.06. The molecule has 0 aliphatic rings. The lowest BCUT2D eigenvalue weighted by Gasteiger charge is -2.08. The molecule has 0 unspecified atom stereocenters. The van der Waals surface area contributed by atoms with Crippen molar-refractivity contribution in [2.45, 2.75) is 6.42 Å². The van der Waals surface area contributed by atoms with Crippen molar-refractivity contribution in [3.8, 4) is 17.0 Å². The molecule has 1 aromatic carbocycles. The molecular weight excluding hydrogens is 232 g/mol. The van der Waals surface area contributed by atoms with Gasteiger partial charge in [0.15, 0.2) is 0 Å². The van der Waals surface area contributed by atoms with Gasteiger partial charge in [-0.3, -0.25) is 0 Å². The normalized spacial score (nSPS) is 10.2. The van der Waals surface area contributed by atoms with Gasteiger partial charge in [0.2, 0.25) is 0 Å². The zero-order chi connectivity index (χ0) is 12.1. The third-order valence-corrected chi connectivity index (χ3v) is 2.65. The van der Waals surface area contributed by atoms with Gasteiger partial charge in [-0.25, -0.2) is 9.97 Å². The lowest BCUT2D eigenvalue weighted by atomic mass is 10.1. The second-order valence-corrected chi connectivity index (χ2v) is 3.98. The van der Waals surface area contributed by atoms with Crippen LogP contribution in [0.2, 0.25) is 0 Å². The van der Waals surface area contributed by atoms with Gasteiger partial charge in [-0.05, 0) is 24.0 Å². The molecule has 0 fully saturated rings. The Bertz CT molecular complexity index is 502. The third-order valence-electron chi connectivity index (χ3n) is 2.42. The predicted octanol–water partition coefficient (Wildman–Crippen LogP) is 2.62. The molecule has 0 aliphatic heterocycles. The van der Waals surface area contributed by atoms with Crippen LogP contribution in [-0.4, -0.2) is 22.8 Å². The van der Waals surface area contributed by atoms with Crippen LogP contribution < -0.4 is 4.74 Å². The summed E-state index contributed by atoms with van der Waals surface area (Å²) in [5.41, 5.74) is 1.87. The Morgan fingerprint density at radius 3 is 2.82 bits per heavy atom. The minimum absolute atomic E-state index is 0.745. The van der Waals surface area contributed by atoms with E-state index in [1.165, 1.54) is 0 Å². The maximum absolute atomic E-state index is 5.32. The fourth-order valence-corrected chi connectivity index (χ4v) is 1.83. The molecular formula is C13H14N2OS. The zero-order valence-corrected chi connectivity index (χ0v) is 10.5. The first-order valence-corrected chi connectivity index (χ1v) is 6.04. The summed E-state index contributed by atoms with van der Waals surface area (Å²) in [7, 11) is 1.66. The summed E-state index contributed by atoms with van der Waals surface area (Å²) in [6.07, 6.45) is 2.54. The topological polar surface area (TPSA) is 35.0 Å². The van der Waals surface area contributed by atoms with Gasteiger partial charge in [-0.15, -0.1) is 0 Å². The van der Waals surface area contributed by atoms with Crippen LogP contribution in [0.3, 0.4) is 0 Å². The Labute approximate surface area is 106 Å². The third kappa shape index (κ3) is 2.77. The van der Waals surface area contributed by atoms with Crippen LogP contribution in [-0.2, 0) is 6.42 Å². The van der Waals surface area contributed by atoms with Crippen LogP contribution in [0, 0.1) is 0 Å². The molecule has 1 heterocycles. The number of hydrogen-bond acceptors (Lipinski definition) is 4. The van der Waals surface area contributed by atoms with Crippen LogP contribution in [0.4, 0.5) is 0 Å². The number of aryl methyl sites for hydroxylation is 1. The van der Waals surface area contributed by atoms with E-state index < -0.39 is 0 Å². The number of hydrogen-bond donors (Lipinski definition) is 1. The van der Waals surface area contributed by atoms with Gasteiger partial charge in [0, 0.05) is 18.2 Å². The molecule has 3 nitrogen and oxygen atoms in total. The van der Waals surface area contributed by atoms with Crippen LogP contribution in [0.15, 0.2) is 36.5 Å². The highest BCUT2D eigenvalue weighted by atomic mass is 32.1. The number of aromatic nitrogens is 2. The second-order valence-electron chi connectivity index (χ2n) is 3.53. The Morgan fingerprint density at radius 2 is 2.06 bits per heavy atom. The summed E-state index contributed by atoms with van der Waals surface area (Å²) in [6, 6.07) is 9.72. The highest BCUT2D eigenvalue weighted by Crippen LogP contribution is 2.27. The maximum atomic E-state index is 5.32. The van der Waals surface area contributed by atoms with Gasteiger partial charge in [-0.1, -0.05) is 12.1 Å². The van der Waals surface area contributed by atoms with Crippen molar-refractivity contribution in [3.63, 3.8) is 0 Å². The molecule has 1 aromatic heterocycles. The molecule has 17 heavy (non-hydrogen) atoms. The van der Waals surface area contributed by atoms with E-state index in [9.17, 15) is 0 Å². The molecule has 88 valence electrons. The zero-order valence-electron chi connectivity index (χ0n) is 9.63. The SMILES string of the molecule is COc1ccccc1-c1ccnc(CCS)n1. The smallest absolute Gasteiger partial charge is 0.129 e. The molecule has 0 spiro atoms. The molecule has 0 amide bonds. The largest absolute Gasteiger partial charge is 0.496 e. The van der Waals surface area contributed by atoms with Gasteiger partial charge in [-0.2, -0.15) is 12.6 Å². The van der Waals surface area contributed by atoms with Crippen molar-refractivity contribution in [1.82, 2.24) is 9.97 Å². The van der Waals surface area contributed by atoms with Gasteiger partial charge < -0.3 is 4.74 Å². The van der Waals surface area contributed by atoms with E-state index in [0.29, 0.717) is 0 Å². The first-order chi connectivity index (χ1) is 8.35. The van der Waals surface area contributed by atoms with Crippen LogP contribution in [0.1, 0.15) is 5.82 Å². The van der Waals surface area contributed by atoms with Gasteiger partial charge >= 0.3 is 0 Å². The molecule has 2 aromatic rings. The monoisotopic (exact) mass is 246 g/mol. The summed E-state index contributed by atoms with van der Waals surface area (Å²) in [4.78, 5) is 8.71. The number of benzene rings is 1. The van der Waals surface area contributed by atoms with E-state index in [1.54, 1.807) is 13.3 Å². The number of rotatable bonds is 4. The average molecular weight is 246 g/mol. The fourth-order valence-electron chi connectivity index (χ4n) is 1.63. The van der Waals surface area contributed by atoms with Crippen LogP contribution >= 0.6 is 12.6 Å². The predicted molar refractivity (Wildman–Crippen MR) is 71.6 cm³/mol. The Hall–Kier alpha value is -1.55. The molecule has 0 saturated carbocycles. The molecule has 0 radical (unpaired) electrons. The van der Waals surface area contributed by atoms with Crippen molar-refractivity contribution < 1.29 is 4.74 Å². The number of thiol groups is 1. The first kappa shape index (κ1) is 11.9. The van der Waals surface area contributed by atoms with E-state index in [1.807, 2.05) is 30.3 Å². The molecule has 0 bridgehead atoms.